The van der Waals surface area contributed by atoms with Crippen molar-refractivity contribution in [3.8, 4) is 0 Å². The van der Waals surface area contributed by atoms with Crippen molar-refractivity contribution in [1.29, 1.82) is 0 Å². The van der Waals surface area contributed by atoms with Crippen LogP contribution in [0.4, 0.5) is 5.69 Å². The zero-order valence-corrected chi connectivity index (χ0v) is 13.3. The fourth-order valence-electron chi connectivity index (χ4n) is 2.58. The number of benzene rings is 2. The zero-order valence-electron chi connectivity index (χ0n) is 10.8. The summed E-state index contributed by atoms with van der Waals surface area (Å²) in [6.07, 6.45) is 2.04. The van der Waals surface area contributed by atoms with E-state index < -0.39 is 0 Å². The number of amides is 1. The van der Waals surface area contributed by atoms with Gasteiger partial charge in [-0.25, -0.2) is 0 Å². The van der Waals surface area contributed by atoms with Crippen LogP contribution < -0.4 is 4.90 Å². The predicted octanol–water partition coefficient (Wildman–Crippen LogP) is 4.33. The van der Waals surface area contributed by atoms with Gasteiger partial charge in [-0.15, -0.1) is 12.6 Å². The molecule has 1 aliphatic rings. The molecule has 3 rings (SSSR count). The Morgan fingerprint density at radius 1 is 1.20 bits per heavy atom. The van der Waals surface area contributed by atoms with E-state index in [-0.39, 0.29) is 5.91 Å². The van der Waals surface area contributed by atoms with Gasteiger partial charge in [-0.1, -0.05) is 34.1 Å². The van der Waals surface area contributed by atoms with E-state index in [9.17, 15) is 4.79 Å². The Balaban J connectivity index is 2.00. The third-order valence-corrected chi connectivity index (χ3v) is 4.41. The van der Waals surface area contributed by atoms with E-state index in [0.29, 0.717) is 10.5 Å². The molecule has 0 unspecified atom stereocenters. The molecule has 2 nitrogen and oxygen atoms in total. The molecule has 4 heteroatoms. The number of anilines is 1. The van der Waals surface area contributed by atoms with Crippen molar-refractivity contribution >= 4 is 40.2 Å². The number of thiol groups is 1. The van der Waals surface area contributed by atoms with Gasteiger partial charge in [0.05, 0.1) is 5.56 Å². The molecular formula is C16H14BrNOS. The summed E-state index contributed by atoms with van der Waals surface area (Å²) < 4.78 is 0.929. The molecule has 0 fully saturated rings. The predicted molar refractivity (Wildman–Crippen MR) is 87.8 cm³/mol. The molecule has 0 aliphatic carbocycles. The summed E-state index contributed by atoms with van der Waals surface area (Å²) in [5.41, 5.74) is 2.91. The molecule has 20 heavy (non-hydrogen) atoms. The lowest BCUT2D eigenvalue weighted by atomic mass is 10.0. The van der Waals surface area contributed by atoms with Crippen LogP contribution in [0, 0.1) is 0 Å². The van der Waals surface area contributed by atoms with Crippen molar-refractivity contribution in [3.05, 3.63) is 58.1 Å². The molecule has 0 spiro atoms. The lowest BCUT2D eigenvalue weighted by Crippen LogP contribution is -2.35. The van der Waals surface area contributed by atoms with E-state index in [2.05, 4.69) is 34.6 Å². The Morgan fingerprint density at radius 3 is 2.80 bits per heavy atom. The average molecular weight is 348 g/mol. The number of para-hydroxylation sites is 1. The highest BCUT2D eigenvalue weighted by Crippen LogP contribution is 2.29. The second-order valence-corrected chi connectivity index (χ2v) is 6.25. The van der Waals surface area contributed by atoms with Crippen molar-refractivity contribution in [2.75, 3.05) is 11.4 Å². The quantitative estimate of drug-likeness (QED) is 0.761. The third-order valence-electron chi connectivity index (χ3n) is 3.55. The molecule has 1 aliphatic heterocycles. The lowest BCUT2D eigenvalue weighted by molar-refractivity contribution is 0.0982. The number of rotatable bonds is 1. The zero-order chi connectivity index (χ0) is 14.1. The molecule has 1 amide bonds. The van der Waals surface area contributed by atoms with Crippen LogP contribution in [0.15, 0.2) is 51.8 Å². The van der Waals surface area contributed by atoms with Crippen LogP contribution in [0.3, 0.4) is 0 Å². The lowest BCUT2D eigenvalue weighted by Gasteiger charge is -2.29. The number of aryl methyl sites for hydroxylation is 1. The summed E-state index contributed by atoms with van der Waals surface area (Å²) in [4.78, 5) is 15.3. The highest BCUT2D eigenvalue weighted by Gasteiger charge is 2.24. The largest absolute Gasteiger partial charge is 0.308 e. The van der Waals surface area contributed by atoms with Crippen LogP contribution in [-0.2, 0) is 6.42 Å². The smallest absolute Gasteiger partial charge is 0.259 e. The first-order valence-corrected chi connectivity index (χ1v) is 7.79. The number of hydrogen-bond acceptors (Lipinski definition) is 2. The molecule has 102 valence electrons. The maximum atomic E-state index is 12.8. The summed E-state index contributed by atoms with van der Waals surface area (Å²) in [7, 11) is 0. The molecule has 0 saturated carbocycles. The molecule has 0 N–H and O–H groups in total. The maximum Gasteiger partial charge on any atom is 0.259 e. The van der Waals surface area contributed by atoms with Gasteiger partial charge in [0, 0.05) is 21.6 Å². The number of fused-ring (bicyclic) bond motifs is 1. The standard InChI is InChI=1S/C16H14BrNOS/c17-12-7-8-13(15(20)10-12)16(19)18-9-3-5-11-4-1-2-6-14(11)18/h1-2,4,6-8,10,20H,3,5,9H2. The number of nitrogens with zero attached hydrogens (tertiary/aromatic N) is 1. The SMILES string of the molecule is O=C(c1ccc(Br)cc1S)N1CCCc2ccccc21. The van der Waals surface area contributed by atoms with Crippen molar-refractivity contribution in [2.45, 2.75) is 17.7 Å². The Morgan fingerprint density at radius 2 is 2.00 bits per heavy atom. The van der Waals surface area contributed by atoms with Crippen LogP contribution in [-0.4, -0.2) is 12.5 Å². The highest BCUT2D eigenvalue weighted by molar-refractivity contribution is 9.10. The summed E-state index contributed by atoms with van der Waals surface area (Å²) in [5.74, 6) is 0.0228. The summed E-state index contributed by atoms with van der Waals surface area (Å²) >= 11 is 7.81. The fourth-order valence-corrected chi connectivity index (χ4v) is 3.42. The van der Waals surface area contributed by atoms with Gasteiger partial charge in [-0.2, -0.15) is 0 Å². The third kappa shape index (κ3) is 2.50. The van der Waals surface area contributed by atoms with Crippen molar-refractivity contribution in [3.63, 3.8) is 0 Å². The molecule has 2 aromatic rings. The summed E-state index contributed by atoms with van der Waals surface area (Å²) in [5, 5.41) is 0. The van der Waals surface area contributed by atoms with E-state index in [4.69, 9.17) is 0 Å². The second kappa shape index (κ2) is 5.62. The molecule has 0 saturated heterocycles. The van der Waals surface area contributed by atoms with Crippen LogP contribution in [0.1, 0.15) is 22.3 Å². The number of halogens is 1. The van der Waals surface area contributed by atoms with Gasteiger partial charge in [0.25, 0.3) is 5.91 Å². The van der Waals surface area contributed by atoms with Gasteiger partial charge >= 0.3 is 0 Å². The molecule has 0 aromatic heterocycles. The van der Waals surface area contributed by atoms with Crippen LogP contribution >= 0.6 is 28.6 Å². The molecule has 0 radical (unpaired) electrons. The van der Waals surface area contributed by atoms with E-state index in [1.165, 1.54) is 5.56 Å². The Hall–Kier alpha value is -1.26. The van der Waals surface area contributed by atoms with Crippen LogP contribution in [0.2, 0.25) is 0 Å². The van der Waals surface area contributed by atoms with Crippen LogP contribution in [0.25, 0.3) is 0 Å². The normalized spacial score (nSPS) is 14.0. The van der Waals surface area contributed by atoms with E-state index in [0.717, 1.165) is 29.5 Å². The molecular weight excluding hydrogens is 334 g/mol. The second-order valence-electron chi connectivity index (χ2n) is 4.85. The van der Waals surface area contributed by atoms with Gasteiger partial charge in [0.15, 0.2) is 0 Å². The first kappa shape index (κ1) is 13.7. The average Bonchev–Trinajstić information content (AvgIpc) is 2.46. The van der Waals surface area contributed by atoms with Gasteiger partial charge in [-0.05, 0) is 42.7 Å². The van der Waals surface area contributed by atoms with Crippen molar-refractivity contribution in [1.82, 2.24) is 0 Å². The molecule has 0 atom stereocenters. The topological polar surface area (TPSA) is 20.3 Å². The minimum atomic E-state index is 0.0228. The van der Waals surface area contributed by atoms with Crippen molar-refractivity contribution < 1.29 is 4.79 Å². The number of carbonyl (C=O) groups excluding carboxylic acids is 1. The maximum absolute atomic E-state index is 12.8. The molecule has 1 heterocycles. The highest BCUT2D eigenvalue weighted by atomic mass is 79.9. The summed E-state index contributed by atoms with van der Waals surface area (Å²) in [6, 6.07) is 13.7. The number of carbonyl (C=O) groups is 1. The van der Waals surface area contributed by atoms with Crippen LogP contribution in [0.5, 0.6) is 0 Å². The monoisotopic (exact) mass is 347 g/mol. The van der Waals surface area contributed by atoms with Gasteiger partial charge in [0.1, 0.15) is 0 Å². The molecule has 2 aromatic carbocycles. The van der Waals surface area contributed by atoms with E-state index in [1.807, 2.05) is 41.3 Å². The first-order valence-electron chi connectivity index (χ1n) is 6.55. The minimum absolute atomic E-state index is 0.0228. The Kier molecular flexibility index (Phi) is 3.85. The van der Waals surface area contributed by atoms with E-state index in [1.54, 1.807) is 0 Å². The van der Waals surface area contributed by atoms with E-state index >= 15 is 0 Å². The molecule has 0 bridgehead atoms. The fraction of sp³-hybridized carbons (Fsp3) is 0.188. The van der Waals surface area contributed by atoms with Gasteiger partial charge in [0.2, 0.25) is 0 Å². The first-order chi connectivity index (χ1) is 9.66. The van der Waals surface area contributed by atoms with Gasteiger partial charge in [-0.3, -0.25) is 4.79 Å². The van der Waals surface area contributed by atoms with Gasteiger partial charge < -0.3 is 4.90 Å². The number of hydrogen-bond donors (Lipinski definition) is 1. The Labute approximate surface area is 132 Å². The summed E-state index contributed by atoms with van der Waals surface area (Å²) in [6.45, 7) is 0.763. The van der Waals surface area contributed by atoms with Crippen molar-refractivity contribution in [2.24, 2.45) is 0 Å². The minimum Gasteiger partial charge on any atom is -0.308 e. The Bertz CT molecular complexity index is 671.